The van der Waals surface area contributed by atoms with Crippen molar-refractivity contribution in [3.8, 4) is 16.2 Å². The van der Waals surface area contributed by atoms with E-state index in [1.807, 2.05) is 54.6 Å². The lowest BCUT2D eigenvalue weighted by Gasteiger charge is -2.17. The Labute approximate surface area is 198 Å². The van der Waals surface area contributed by atoms with Gasteiger partial charge in [-0.05, 0) is 85.9 Å². The number of ketones is 1. The predicted molar refractivity (Wildman–Crippen MR) is 137 cm³/mol. The Kier molecular flexibility index (Phi) is 5.92. The van der Waals surface area contributed by atoms with Crippen LogP contribution >= 0.6 is 11.3 Å². The topological polar surface area (TPSA) is 55.6 Å². The molecular formula is C28H28N2O2S. The lowest BCUT2D eigenvalue weighted by Crippen LogP contribution is -2.19. The molecule has 1 fully saturated rings. The molecule has 0 unspecified atom stereocenters. The smallest absolute Gasteiger partial charge is 0.195 e. The summed E-state index contributed by atoms with van der Waals surface area (Å²) in [5, 5.41) is 0.955. The summed E-state index contributed by atoms with van der Waals surface area (Å²) >= 11 is 1.62. The van der Waals surface area contributed by atoms with E-state index in [4.69, 9.17) is 10.5 Å². The van der Waals surface area contributed by atoms with Gasteiger partial charge in [-0.3, -0.25) is 9.69 Å². The Morgan fingerprint density at radius 3 is 2.48 bits per heavy atom. The number of likely N-dealkylation sites (tertiary alicyclic amines) is 1. The molecule has 168 valence electrons. The monoisotopic (exact) mass is 456 g/mol. The van der Waals surface area contributed by atoms with E-state index in [2.05, 4.69) is 17.9 Å². The zero-order valence-electron chi connectivity index (χ0n) is 19.1. The molecule has 0 amide bonds. The number of rotatable bonds is 6. The number of nitrogens with two attached hydrogens (primary N) is 1. The van der Waals surface area contributed by atoms with Gasteiger partial charge in [0, 0.05) is 38.3 Å². The second kappa shape index (κ2) is 9.00. The number of carbonyl (C=O) groups excluding carboxylic acids is 1. The van der Waals surface area contributed by atoms with E-state index in [1.54, 1.807) is 18.4 Å². The van der Waals surface area contributed by atoms with Gasteiger partial charge in [-0.15, -0.1) is 11.3 Å². The molecule has 2 heterocycles. The molecule has 4 nitrogen and oxygen atoms in total. The van der Waals surface area contributed by atoms with Crippen LogP contribution in [-0.2, 0) is 6.54 Å². The van der Waals surface area contributed by atoms with E-state index < -0.39 is 0 Å². The average molecular weight is 457 g/mol. The van der Waals surface area contributed by atoms with Crippen LogP contribution < -0.4 is 10.5 Å². The molecule has 5 heteroatoms. The summed E-state index contributed by atoms with van der Waals surface area (Å²) in [5.74, 6) is 0.836. The van der Waals surface area contributed by atoms with Gasteiger partial charge in [0.15, 0.2) is 5.78 Å². The first-order valence-electron chi connectivity index (χ1n) is 11.4. The summed E-state index contributed by atoms with van der Waals surface area (Å²) in [5.41, 5.74) is 11.6. The minimum absolute atomic E-state index is 0.0501. The maximum absolute atomic E-state index is 13.9. The molecule has 1 aromatic heterocycles. The summed E-state index contributed by atoms with van der Waals surface area (Å²) < 4.78 is 6.46. The molecule has 5 rings (SSSR count). The van der Waals surface area contributed by atoms with Crippen molar-refractivity contribution < 1.29 is 9.53 Å². The fraction of sp³-hybridized carbons (Fsp3) is 0.250. The summed E-state index contributed by atoms with van der Waals surface area (Å²) in [6, 6.07) is 19.8. The molecule has 0 bridgehead atoms. The molecular weight excluding hydrogens is 428 g/mol. The van der Waals surface area contributed by atoms with Crippen LogP contribution in [0.3, 0.4) is 0 Å². The first-order chi connectivity index (χ1) is 16.0. The van der Waals surface area contributed by atoms with E-state index in [1.165, 1.54) is 24.0 Å². The molecule has 1 aliphatic heterocycles. The Hall–Kier alpha value is -3.15. The SMILES string of the molecule is COc1ccc2c(C(=O)c3ccc(CN4CCCC4)c(C)c3)c(-c3ccc(N)cc3)sc2c1. The van der Waals surface area contributed by atoms with E-state index in [-0.39, 0.29) is 5.78 Å². The Morgan fingerprint density at radius 1 is 1.03 bits per heavy atom. The minimum atomic E-state index is 0.0501. The number of thiophene rings is 1. The van der Waals surface area contributed by atoms with Gasteiger partial charge in [-0.1, -0.05) is 24.3 Å². The van der Waals surface area contributed by atoms with Gasteiger partial charge in [0.1, 0.15) is 5.75 Å². The number of ether oxygens (including phenoxy) is 1. The number of methoxy groups -OCH3 is 1. The number of fused-ring (bicyclic) bond motifs is 1. The van der Waals surface area contributed by atoms with Crippen molar-refractivity contribution in [1.29, 1.82) is 0 Å². The van der Waals surface area contributed by atoms with Crippen LogP contribution in [0, 0.1) is 6.92 Å². The first-order valence-corrected chi connectivity index (χ1v) is 12.2. The summed E-state index contributed by atoms with van der Waals surface area (Å²) in [7, 11) is 1.66. The van der Waals surface area contributed by atoms with Crippen molar-refractivity contribution in [2.24, 2.45) is 0 Å². The number of nitrogen functional groups attached to an aromatic ring is 1. The molecule has 3 aromatic carbocycles. The quantitative estimate of drug-likeness (QED) is 0.273. The summed E-state index contributed by atoms with van der Waals surface area (Å²) in [6.45, 7) is 5.39. The molecule has 2 N–H and O–H groups in total. The number of carbonyl (C=O) groups is 1. The second-order valence-corrected chi connectivity index (χ2v) is 9.80. The van der Waals surface area contributed by atoms with Crippen LogP contribution in [-0.4, -0.2) is 30.9 Å². The number of hydrogen-bond donors (Lipinski definition) is 1. The minimum Gasteiger partial charge on any atom is -0.497 e. The average Bonchev–Trinajstić information content (AvgIpc) is 3.47. The highest BCUT2D eigenvalue weighted by Gasteiger charge is 2.23. The molecule has 0 radical (unpaired) electrons. The lowest BCUT2D eigenvalue weighted by molar-refractivity contribution is 0.104. The van der Waals surface area contributed by atoms with Crippen molar-refractivity contribution in [1.82, 2.24) is 4.90 Å². The van der Waals surface area contributed by atoms with Gasteiger partial charge >= 0.3 is 0 Å². The maximum Gasteiger partial charge on any atom is 0.195 e. The van der Waals surface area contributed by atoms with Crippen LogP contribution in [0.1, 0.15) is 39.9 Å². The highest BCUT2D eigenvalue weighted by Crippen LogP contribution is 2.41. The summed E-state index contributed by atoms with van der Waals surface area (Å²) in [6.07, 6.45) is 2.55. The van der Waals surface area contributed by atoms with Crippen LogP contribution in [0.15, 0.2) is 60.7 Å². The number of anilines is 1. The predicted octanol–water partition coefficient (Wildman–Crippen LogP) is 6.29. The lowest BCUT2D eigenvalue weighted by atomic mass is 9.95. The fourth-order valence-electron chi connectivity index (χ4n) is 4.61. The third kappa shape index (κ3) is 4.26. The third-order valence-corrected chi connectivity index (χ3v) is 7.70. The first kappa shape index (κ1) is 21.7. The normalized spacial score (nSPS) is 14.1. The summed E-state index contributed by atoms with van der Waals surface area (Å²) in [4.78, 5) is 17.3. The number of nitrogens with zero attached hydrogens (tertiary/aromatic N) is 1. The van der Waals surface area contributed by atoms with Crippen LogP contribution in [0.25, 0.3) is 20.5 Å². The van der Waals surface area contributed by atoms with E-state index in [0.717, 1.165) is 57.0 Å². The van der Waals surface area contributed by atoms with Gasteiger partial charge in [0.25, 0.3) is 0 Å². The van der Waals surface area contributed by atoms with E-state index >= 15 is 0 Å². The Balaban J connectivity index is 1.57. The maximum atomic E-state index is 13.9. The zero-order valence-corrected chi connectivity index (χ0v) is 19.9. The standard InChI is InChI=1S/C28H28N2O2S/c1-18-15-20(5-6-21(18)17-30-13-3-4-14-30)27(31)26-24-12-11-23(32-2)16-25(24)33-28(26)19-7-9-22(29)10-8-19/h5-12,15-16H,3-4,13-14,17,29H2,1-2H3. The molecule has 0 spiro atoms. The molecule has 0 atom stereocenters. The van der Waals surface area contributed by atoms with Gasteiger partial charge < -0.3 is 10.5 Å². The zero-order chi connectivity index (χ0) is 22.9. The van der Waals surface area contributed by atoms with Crippen molar-refractivity contribution in [3.63, 3.8) is 0 Å². The molecule has 33 heavy (non-hydrogen) atoms. The van der Waals surface area contributed by atoms with Gasteiger partial charge in [-0.25, -0.2) is 0 Å². The molecule has 1 saturated heterocycles. The van der Waals surface area contributed by atoms with Crippen molar-refractivity contribution in [3.05, 3.63) is 82.9 Å². The van der Waals surface area contributed by atoms with Crippen molar-refractivity contribution in [2.45, 2.75) is 26.3 Å². The highest BCUT2D eigenvalue weighted by molar-refractivity contribution is 7.22. The Bertz CT molecular complexity index is 1320. The molecule has 0 aliphatic carbocycles. The van der Waals surface area contributed by atoms with Crippen LogP contribution in [0.2, 0.25) is 0 Å². The second-order valence-electron chi connectivity index (χ2n) is 8.74. The van der Waals surface area contributed by atoms with Crippen molar-refractivity contribution >= 4 is 32.9 Å². The van der Waals surface area contributed by atoms with Gasteiger partial charge in [0.05, 0.1) is 7.11 Å². The number of hydrogen-bond acceptors (Lipinski definition) is 5. The van der Waals surface area contributed by atoms with Crippen molar-refractivity contribution in [2.75, 3.05) is 25.9 Å². The largest absolute Gasteiger partial charge is 0.497 e. The fourth-order valence-corrected chi connectivity index (χ4v) is 5.84. The van der Waals surface area contributed by atoms with Gasteiger partial charge in [0.2, 0.25) is 0 Å². The van der Waals surface area contributed by atoms with E-state index in [0.29, 0.717) is 5.69 Å². The van der Waals surface area contributed by atoms with E-state index in [9.17, 15) is 4.79 Å². The van der Waals surface area contributed by atoms with Gasteiger partial charge in [-0.2, -0.15) is 0 Å². The molecule has 0 saturated carbocycles. The highest BCUT2D eigenvalue weighted by atomic mass is 32.1. The third-order valence-electron chi connectivity index (χ3n) is 6.49. The molecule has 1 aliphatic rings. The number of benzene rings is 3. The molecule has 4 aromatic rings. The van der Waals surface area contributed by atoms with Crippen LogP contribution in [0.5, 0.6) is 5.75 Å². The Morgan fingerprint density at radius 2 is 1.79 bits per heavy atom. The van der Waals surface area contributed by atoms with Crippen LogP contribution in [0.4, 0.5) is 5.69 Å². The number of aryl methyl sites for hydroxylation is 1.